The summed E-state index contributed by atoms with van der Waals surface area (Å²) in [5, 5.41) is 3.17. The molecule has 1 aromatic heterocycles. The van der Waals surface area contributed by atoms with Crippen LogP contribution in [-0.4, -0.2) is 30.4 Å². The minimum atomic E-state index is -1.34. The molecule has 2 saturated heterocycles. The van der Waals surface area contributed by atoms with Gasteiger partial charge in [0.25, 0.3) is 0 Å². The van der Waals surface area contributed by atoms with Crippen molar-refractivity contribution in [2.45, 2.75) is 32.4 Å². The number of fused-ring (bicyclic) bond motifs is 1. The zero-order valence-electron chi connectivity index (χ0n) is 16.2. The second kappa shape index (κ2) is 6.31. The molecule has 4 atom stereocenters. The number of ether oxygens (including phenoxy) is 1. The molecule has 2 aliphatic rings. The summed E-state index contributed by atoms with van der Waals surface area (Å²) in [5.74, 6) is -1.72. The van der Waals surface area contributed by atoms with Crippen molar-refractivity contribution in [2.75, 3.05) is 12.0 Å². The van der Waals surface area contributed by atoms with Crippen molar-refractivity contribution in [3.8, 4) is 0 Å². The van der Waals surface area contributed by atoms with Crippen molar-refractivity contribution in [3.05, 3.63) is 53.5 Å². The maximum Gasteiger partial charge on any atom is 0.326 e. The normalized spacial score (nSPS) is 29.3. The SMILES string of the molecule is COC(=O)[C@]1(C)N[C@H](c2cc(C)c(C)o2)[C@@H]2C(=O)N(c3ccccc3)C(=O)[C@@H]21. The highest BCUT2D eigenvalue weighted by molar-refractivity contribution is 6.24. The Morgan fingerprint density at radius 3 is 2.43 bits per heavy atom. The Bertz CT molecular complexity index is 947. The molecule has 7 nitrogen and oxygen atoms in total. The van der Waals surface area contributed by atoms with Crippen molar-refractivity contribution in [1.82, 2.24) is 5.32 Å². The van der Waals surface area contributed by atoms with E-state index in [1.54, 1.807) is 31.2 Å². The smallest absolute Gasteiger partial charge is 0.326 e. The summed E-state index contributed by atoms with van der Waals surface area (Å²) < 4.78 is 10.8. The summed E-state index contributed by atoms with van der Waals surface area (Å²) in [6, 6.07) is 9.98. The standard InChI is InChI=1S/C21H22N2O5/c1-11-10-14(28-12(11)2)17-15-16(21(3,22-17)20(26)27-4)19(25)23(18(15)24)13-8-6-5-7-9-13/h5-10,15-17,22H,1-4H3/t15-,16-,17-,21-/m1/s1. The largest absolute Gasteiger partial charge is 0.468 e. The average Bonchev–Trinajstić information content (AvgIpc) is 3.28. The van der Waals surface area contributed by atoms with Gasteiger partial charge in [0.15, 0.2) is 0 Å². The number of hydrogen-bond acceptors (Lipinski definition) is 6. The summed E-state index contributed by atoms with van der Waals surface area (Å²) >= 11 is 0. The number of nitrogens with one attached hydrogen (secondary N) is 1. The Labute approximate surface area is 162 Å². The summed E-state index contributed by atoms with van der Waals surface area (Å²) in [6.07, 6.45) is 0. The van der Waals surface area contributed by atoms with Crippen molar-refractivity contribution in [2.24, 2.45) is 11.8 Å². The van der Waals surface area contributed by atoms with Gasteiger partial charge in [0.2, 0.25) is 11.8 Å². The van der Waals surface area contributed by atoms with Crippen LogP contribution < -0.4 is 10.2 Å². The molecule has 28 heavy (non-hydrogen) atoms. The molecule has 2 aliphatic heterocycles. The average molecular weight is 382 g/mol. The van der Waals surface area contributed by atoms with E-state index in [9.17, 15) is 14.4 Å². The number of nitrogens with zero attached hydrogens (tertiary/aromatic N) is 1. The van der Waals surface area contributed by atoms with Crippen LogP contribution in [0.4, 0.5) is 5.69 Å². The molecule has 0 bridgehead atoms. The number of para-hydroxylation sites is 1. The van der Waals surface area contributed by atoms with Gasteiger partial charge in [0.1, 0.15) is 17.1 Å². The second-order valence-corrected chi connectivity index (χ2v) is 7.55. The van der Waals surface area contributed by atoms with E-state index in [4.69, 9.17) is 9.15 Å². The van der Waals surface area contributed by atoms with Gasteiger partial charge < -0.3 is 9.15 Å². The minimum absolute atomic E-state index is 0.349. The van der Waals surface area contributed by atoms with Crippen LogP contribution in [0, 0.1) is 25.7 Å². The van der Waals surface area contributed by atoms with Gasteiger partial charge in [-0.2, -0.15) is 0 Å². The molecule has 1 aromatic carbocycles. The minimum Gasteiger partial charge on any atom is -0.468 e. The topological polar surface area (TPSA) is 88.8 Å². The number of rotatable bonds is 3. The van der Waals surface area contributed by atoms with E-state index < -0.39 is 35.3 Å². The molecule has 4 rings (SSSR count). The van der Waals surface area contributed by atoms with Gasteiger partial charge in [-0.1, -0.05) is 18.2 Å². The zero-order chi connectivity index (χ0) is 20.2. The molecule has 0 spiro atoms. The van der Waals surface area contributed by atoms with Gasteiger partial charge in [0, 0.05) is 0 Å². The Morgan fingerprint density at radius 1 is 1.18 bits per heavy atom. The van der Waals surface area contributed by atoms with Crippen molar-refractivity contribution >= 4 is 23.5 Å². The van der Waals surface area contributed by atoms with Gasteiger partial charge >= 0.3 is 5.97 Å². The fourth-order valence-corrected chi connectivity index (χ4v) is 4.37. The van der Waals surface area contributed by atoms with Crippen LogP contribution in [0.15, 0.2) is 40.8 Å². The highest BCUT2D eigenvalue weighted by Gasteiger charge is 2.67. The number of anilines is 1. The number of hydrogen-bond donors (Lipinski definition) is 1. The molecule has 2 amide bonds. The number of benzene rings is 1. The second-order valence-electron chi connectivity index (χ2n) is 7.55. The number of carbonyl (C=O) groups excluding carboxylic acids is 3. The number of furan rings is 1. The van der Waals surface area contributed by atoms with Gasteiger partial charge in [-0.25, -0.2) is 4.90 Å². The quantitative estimate of drug-likeness (QED) is 0.647. The summed E-state index contributed by atoms with van der Waals surface area (Å²) in [7, 11) is 1.27. The fourth-order valence-electron chi connectivity index (χ4n) is 4.37. The number of amides is 2. The highest BCUT2D eigenvalue weighted by Crippen LogP contribution is 2.50. The molecule has 0 unspecified atom stereocenters. The first-order valence-electron chi connectivity index (χ1n) is 9.15. The molecule has 0 saturated carbocycles. The van der Waals surface area contributed by atoms with Gasteiger partial charge in [-0.3, -0.25) is 19.7 Å². The molecular formula is C21H22N2O5. The first-order chi connectivity index (χ1) is 13.3. The van der Waals surface area contributed by atoms with Crippen molar-refractivity contribution in [3.63, 3.8) is 0 Å². The van der Waals surface area contributed by atoms with Crippen LogP contribution in [0.5, 0.6) is 0 Å². The Morgan fingerprint density at radius 2 is 1.86 bits per heavy atom. The van der Waals surface area contributed by atoms with E-state index in [0.29, 0.717) is 11.4 Å². The third kappa shape index (κ3) is 2.43. The predicted molar refractivity (Wildman–Crippen MR) is 100 cm³/mol. The van der Waals surface area contributed by atoms with Crippen molar-refractivity contribution < 1.29 is 23.5 Å². The van der Waals surface area contributed by atoms with E-state index >= 15 is 0 Å². The molecular weight excluding hydrogens is 360 g/mol. The lowest BCUT2D eigenvalue weighted by Gasteiger charge is -2.28. The third-order valence-electron chi connectivity index (χ3n) is 5.90. The Balaban J connectivity index is 1.84. The molecule has 0 aliphatic carbocycles. The van der Waals surface area contributed by atoms with Gasteiger partial charge in [0.05, 0.1) is 30.7 Å². The molecule has 0 radical (unpaired) electrons. The van der Waals surface area contributed by atoms with Crippen LogP contribution in [0.2, 0.25) is 0 Å². The molecule has 146 valence electrons. The third-order valence-corrected chi connectivity index (χ3v) is 5.90. The van der Waals surface area contributed by atoms with Crippen LogP contribution in [-0.2, 0) is 19.1 Å². The number of carbonyl (C=O) groups is 3. The monoisotopic (exact) mass is 382 g/mol. The fraction of sp³-hybridized carbons (Fsp3) is 0.381. The summed E-state index contributed by atoms with van der Waals surface area (Å²) in [6.45, 7) is 5.35. The summed E-state index contributed by atoms with van der Waals surface area (Å²) in [5.41, 5.74) is 0.0935. The van der Waals surface area contributed by atoms with Crippen LogP contribution in [0.1, 0.15) is 30.0 Å². The molecule has 2 aromatic rings. The molecule has 3 heterocycles. The zero-order valence-corrected chi connectivity index (χ0v) is 16.2. The number of esters is 1. The lowest BCUT2D eigenvalue weighted by atomic mass is 9.81. The van der Waals surface area contributed by atoms with Crippen LogP contribution in [0.25, 0.3) is 0 Å². The van der Waals surface area contributed by atoms with Crippen LogP contribution >= 0.6 is 0 Å². The predicted octanol–water partition coefficient (Wildman–Crippen LogP) is 2.28. The van der Waals surface area contributed by atoms with Gasteiger partial charge in [-0.15, -0.1) is 0 Å². The first kappa shape index (κ1) is 18.4. The van der Waals surface area contributed by atoms with Crippen molar-refractivity contribution in [1.29, 1.82) is 0 Å². The number of imide groups is 1. The first-order valence-corrected chi connectivity index (χ1v) is 9.15. The van der Waals surface area contributed by atoms with Gasteiger partial charge in [-0.05, 0) is 44.5 Å². The van der Waals surface area contributed by atoms with E-state index in [2.05, 4.69) is 5.32 Å². The van der Waals surface area contributed by atoms with E-state index in [1.807, 2.05) is 26.0 Å². The lowest BCUT2D eigenvalue weighted by Crippen LogP contribution is -2.54. The summed E-state index contributed by atoms with van der Waals surface area (Å²) in [4.78, 5) is 40.5. The Kier molecular flexibility index (Phi) is 4.15. The maximum atomic E-state index is 13.3. The molecule has 1 N–H and O–H groups in total. The number of methoxy groups -OCH3 is 1. The lowest BCUT2D eigenvalue weighted by molar-refractivity contribution is -0.151. The molecule has 2 fully saturated rings. The Hall–Kier alpha value is -2.93. The molecule has 7 heteroatoms. The van der Waals surface area contributed by atoms with Crippen LogP contribution in [0.3, 0.4) is 0 Å². The highest BCUT2D eigenvalue weighted by atomic mass is 16.5. The van der Waals surface area contributed by atoms with E-state index in [0.717, 1.165) is 11.3 Å². The maximum absolute atomic E-state index is 13.3. The van der Waals surface area contributed by atoms with E-state index in [1.165, 1.54) is 12.0 Å². The van der Waals surface area contributed by atoms with E-state index in [-0.39, 0.29) is 5.91 Å². The number of aryl methyl sites for hydroxylation is 2.